The first-order chi connectivity index (χ1) is 6.66. The van der Waals surface area contributed by atoms with Gasteiger partial charge in [0.15, 0.2) is 0 Å². The first-order valence-corrected chi connectivity index (χ1v) is 4.76. The lowest BCUT2D eigenvalue weighted by Gasteiger charge is -2.14. The van der Waals surface area contributed by atoms with Gasteiger partial charge in [-0.25, -0.2) is 4.98 Å². The Morgan fingerprint density at radius 1 is 1.57 bits per heavy atom. The average molecular weight is 212 g/mol. The van der Waals surface area contributed by atoms with Crippen molar-refractivity contribution in [3.05, 3.63) is 18.3 Å². The fraction of sp³-hybridized carbons (Fsp3) is 0.333. The number of carbonyl (C=O) groups is 1. The molecule has 2 heterocycles. The molecule has 1 aliphatic rings. The van der Waals surface area contributed by atoms with Crippen LogP contribution in [0.3, 0.4) is 0 Å². The van der Waals surface area contributed by atoms with Crippen LogP contribution in [-0.4, -0.2) is 22.8 Å². The Morgan fingerprint density at radius 3 is 2.86 bits per heavy atom. The fourth-order valence-electron chi connectivity index (χ4n) is 1.44. The second-order valence-corrected chi connectivity index (χ2v) is 3.87. The third kappa shape index (κ3) is 1.65. The highest BCUT2D eigenvalue weighted by Crippen LogP contribution is 2.22. The Hall–Kier alpha value is -1.29. The summed E-state index contributed by atoms with van der Waals surface area (Å²) in [7, 11) is 0. The molecule has 0 spiro atoms. The number of alkyl halides is 1. The molecule has 1 atom stereocenters. The summed E-state index contributed by atoms with van der Waals surface area (Å²) in [5, 5.41) is -0.109. The molecule has 0 saturated carbocycles. The Balaban J connectivity index is 2.23. The van der Waals surface area contributed by atoms with Gasteiger partial charge in [0.1, 0.15) is 5.82 Å². The summed E-state index contributed by atoms with van der Waals surface area (Å²) in [6.45, 7) is 0.525. The highest BCUT2D eigenvalue weighted by Gasteiger charge is 2.29. The highest BCUT2D eigenvalue weighted by molar-refractivity contribution is 6.24. The van der Waals surface area contributed by atoms with E-state index in [-0.39, 0.29) is 11.3 Å². The Morgan fingerprint density at radius 2 is 2.36 bits per heavy atom. The van der Waals surface area contributed by atoms with Gasteiger partial charge in [0.2, 0.25) is 5.91 Å². The average Bonchev–Trinajstić information content (AvgIpc) is 2.47. The maximum Gasteiger partial charge on any atom is 0.229 e. The third-order valence-corrected chi connectivity index (χ3v) is 2.42. The molecule has 4 nitrogen and oxygen atoms in total. The van der Waals surface area contributed by atoms with Gasteiger partial charge in [-0.1, -0.05) is 0 Å². The molecule has 1 aromatic heterocycles. The minimum absolute atomic E-state index is 0.0160. The maximum atomic E-state index is 11.4. The molecule has 14 heavy (non-hydrogen) atoms. The Labute approximate surface area is 86.7 Å². The number of hydrogen-bond donors (Lipinski definition) is 1. The zero-order chi connectivity index (χ0) is 10.1. The van der Waals surface area contributed by atoms with Crippen molar-refractivity contribution in [3.63, 3.8) is 0 Å². The third-order valence-electron chi connectivity index (χ3n) is 2.13. The van der Waals surface area contributed by atoms with Crippen LogP contribution in [0.25, 0.3) is 0 Å². The van der Waals surface area contributed by atoms with E-state index in [2.05, 4.69) is 4.98 Å². The normalized spacial score (nSPS) is 21.6. The second-order valence-electron chi connectivity index (χ2n) is 3.26. The van der Waals surface area contributed by atoms with E-state index in [0.29, 0.717) is 24.5 Å². The number of carbonyl (C=O) groups excluding carboxylic acids is 1. The zero-order valence-corrected chi connectivity index (χ0v) is 8.24. The first kappa shape index (κ1) is 9.27. The fourth-order valence-corrected chi connectivity index (χ4v) is 1.71. The quantitative estimate of drug-likeness (QED) is 0.706. The Bertz CT molecular complexity index is 352. The van der Waals surface area contributed by atoms with Gasteiger partial charge in [0, 0.05) is 13.0 Å². The topological polar surface area (TPSA) is 59.2 Å². The van der Waals surface area contributed by atoms with Gasteiger partial charge in [-0.05, 0) is 12.1 Å². The van der Waals surface area contributed by atoms with Crippen LogP contribution in [0.1, 0.15) is 6.42 Å². The summed E-state index contributed by atoms with van der Waals surface area (Å²) in [5.74, 6) is 0.634. The van der Waals surface area contributed by atoms with Gasteiger partial charge in [-0.15, -0.1) is 11.6 Å². The lowest BCUT2D eigenvalue weighted by Crippen LogP contribution is -2.25. The van der Waals surface area contributed by atoms with Crippen molar-refractivity contribution in [1.82, 2.24) is 4.98 Å². The molecule has 0 aliphatic carbocycles. The maximum absolute atomic E-state index is 11.4. The number of amides is 1. The lowest BCUT2D eigenvalue weighted by molar-refractivity contribution is -0.117. The van der Waals surface area contributed by atoms with Crippen molar-refractivity contribution in [3.8, 4) is 0 Å². The molecule has 1 amide bonds. The standard InChI is InChI=1S/C9H10ClN3O/c10-6-3-9(14)13(5-6)8-2-1-7(11)4-12-8/h1-2,4,6H,3,5,11H2. The van der Waals surface area contributed by atoms with Crippen molar-refractivity contribution < 1.29 is 4.79 Å². The lowest BCUT2D eigenvalue weighted by atomic mass is 10.4. The van der Waals surface area contributed by atoms with E-state index in [1.54, 1.807) is 17.0 Å². The molecule has 1 aromatic rings. The Kier molecular flexibility index (Phi) is 2.29. The van der Waals surface area contributed by atoms with E-state index < -0.39 is 0 Å². The summed E-state index contributed by atoms with van der Waals surface area (Å²) in [6, 6.07) is 3.44. The largest absolute Gasteiger partial charge is 0.397 e. The van der Waals surface area contributed by atoms with Crippen LogP contribution in [0.5, 0.6) is 0 Å². The van der Waals surface area contributed by atoms with Crippen molar-refractivity contribution in [1.29, 1.82) is 0 Å². The van der Waals surface area contributed by atoms with Crippen LogP contribution in [0, 0.1) is 0 Å². The van der Waals surface area contributed by atoms with E-state index in [9.17, 15) is 4.79 Å². The SMILES string of the molecule is Nc1ccc(N2CC(Cl)CC2=O)nc1. The minimum Gasteiger partial charge on any atom is -0.397 e. The molecule has 0 radical (unpaired) electrons. The van der Waals surface area contributed by atoms with E-state index in [1.807, 2.05) is 0 Å². The van der Waals surface area contributed by atoms with Gasteiger partial charge in [0.25, 0.3) is 0 Å². The predicted molar refractivity (Wildman–Crippen MR) is 55.3 cm³/mol. The summed E-state index contributed by atoms with van der Waals surface area (Å²) in [4.78, 5) is 17.1. The van der Waals surface area contributed by atoms with Crippen molar-refractivity contribution >= 4 is 29.0 Å². The molecule has 1 unspecified atom stereocenters. The molecule has 74 valence electrons. The molecule has 2 N–H and O–H groups in total. The summed E-state index contributed by atoms with van der Waals surface area (Å²) >= 11 is 5.87. The van der Waals surface area contributed by atoms with Crippen molar-refractivity contribution in [2.24, 2.45) is 0 Å². The van der Waals surface area contributed by atoms with Crippen LogP contribution in [0.15, 0.2) is 18.3 Å². The van der Waals surface area contributed by atoms with Crippen LogP contribution in [0.4, 0.5) is 11.5 Å². The van der Waals surface area contributed by atoms with Crippen LogP contribution in [0.2, 0.25) is 0 Å². The smallest absolute Gasteiger partial charge is 0.229 e. The number of nitrogen functional groups attached to an aromatic ring is 1. The number of hydrogen-bond acceptors (Lipinski definition) is 3. The zero-order valence-electron chi connectivity index (χ0n) is 7.48. The van der Waals surface area contributed by atoms with Gasteiger partial charge < -0.3 is 5.73 Å². The molecule has 0 aromatic carbocycles. The van der Waals surface area contributed by atoms with Crippen molar-refractivity contribution in [2.75, 3.05) is 17.2 Å². The monoisotopic (exact) mass is 211 g/mol. The molecule has 0 bridgehead atoms. The molecular weight excluding hydrogens is 202 g/mol. The molecule has 2 rings (SSSR count). The number of nitrogens with two attached hydrogens (primary N) is 1. The summed E-state index contributed by atoms with van der Waals surface area (Å²) in [6.07, 6.45) is 1.91. The number of rotatable bonds is 1. The minimum atomic E-state index is -0.109. The molecular formula is C9H10ClN3O. The molecule has 1 saturated heterocycles. The number of pyridine rings is 1. The highest BCUT2D eigenvalue weighted by atomic mass is 35.5. The van der Waals surface area contributed by atoms with E-state index in [0.717, 1.165) is 0 Å². The number of anilines is 2. The summed E-state index contributed by atoms with van der Waals surface area (Å²) in [5.41, 5.74) is 6.08. The van der Waals surface area contributed by atoms with Crippen LogP contribution < -0.4 is 10.6 Å². The van der Waals surface area contributed by atoms with E-state index in [4.69, 9.17) is 17.3 Å². The van der Waals surface area contributed by atoms with Crippen molar-refractivity contribution in [2.45, 2.75) is 11.8 Å². The van der Waals surface area contributed by atoms with Gasteiger partial charge >= 0.3 is 0 Å². The number of nitrogens with zero attached hydrogens (tertiary/aromatic N) is 2. The van der Waals surface area contributed by atoms with Crippen LogP contribution >= 0.6 is 11.6 Å². The summed E-state index contributed by atoms with van der Waals surface area (Å²) < 4.78 is 0. The van der Waals surface area contributed by atoms with Gasteiger partial charge in [-0.2, -0.15) is 0 Å². The predicted octanol–water partition coefficient (Wildman–Crippen LogP) is 1.01. The molecule has 1 fully saturated rings. The first-order valence-electron chi connectivity index (χ1n) is 4.33. The second kappa shape index (κ2) is 3.46. The number of halogens is 1. The van der Waals surface area contributed by atoms with Gasteiger partial charge in [0.05, 0.1) is 17.3 Å². The van der Waals surface area contributed by atoms with E-state index >= 15 is 0 Å². The number of aromatic nitrogens is 1. The van der Waals surface area contributed by atoms with E-state index in [1.165, 1.54) is 6.20 Å². The molecule has 5 heteroatoms. The van der Waals surface area contributed by atoms with Gasteiger partial charge in [-0.3, -0.25) is 9.69 Å². The molecule has 1 aliphatic heterocycles. The van der Waals surface area contributed by atoms with Crippen LogP contribution in [-0.2, 0) is 4.79 Å².